The van der Waals surface area contributed by atoms with Gasteiger partial charge in [-0.15, -0.1) is 0 Å². The van der Waals surface area contributed by atoms with Crippen molar-refractivity contribution in [3.63, 3.8) is 0 Å². The predicted molar refractivity (Wildman–Crippen MR) is 205 cm³/mol. The molecule has 4 heterocycles. The Labute approximate surface area is 284 Å². The molecule has 0 saturated heterocycles. The number of nitrogens with one attached hydrogen (secondary N) is 1. The minimum Gasteiger partial charge on any atom is -0.360 e. The molecule has 2 atom stereocenters. The van der Waals surface area contributed by atoms with Crippen molar-refractivity contribution in [3.05, 3.63) is 180 Å². The molecule has 0 radical (unpaired) electrons. The molecule has 2 aliphatic heterocycles. The number of hydrogen-bond acceptors (Lipinski definition) is 1. The summed E-state index contributed by atoms with van der Waals surface area (Å²) in [5.74, 6) is 1.46. The molecule has 2 unspecified atom stereocenters. The zero-order valence-electron chi connectivity index (χ0n) is 27.0. The van der Waals surface area contributed by atoms with E-state index in [1.807, 2.05) is 0 Å². The third kappa shape index (κ3) is 3.84. The summed E-state index contributed by atoms with van der Waals surface area (Å²) in [5.41, 5.74) is 14.1. The molecule has 1 N–H and O–H groups in total. The van der Waals surface area contributed by atoms with Crippen molar-refractivity contribution in [3.8, 4) is 16.8 Å². The van der Waals surface area contributed by atoms with Gasteiger partial charge in [-0.1, -0.05) is 109 Å². The van der Waals surface area contributed by atoms with Gasteiger partial charge in [0.05, 0.1) is 28.1 Å². The standard InChI is InChI=1S/C46H33N3/c1-3-14-32(15-4-1)48-42-21-11-8-18-35(42)37-24-23-29(28-44(37)48)31-26-38-33-16-5-2-6-17-34(33)40-25-30-13-7-10-20-41(30)47-46(40)49-43-22-12-9-19-36(43)39(27-31)45(38)49/h1-4,6-15,17-28,33,41,47H,5,16H2. The molecule has 11 rings (SSSR count). The number of allylic oxidation sites excluding steroid dienone is 8. The Morgan fingerprint density at radius 3 is 2.29 bits per heavy atom. The second-order valence-electron chi connectivity index (χ2n) is 13.7. The zero-order valence-corrected chi connectivity index (χ0v) is 27.0. The van der Waals surface area contributed by atoms with Crippen LogP contribution in [-0.4, -0.2) is 15.2 Å². The van der Waals surface area contributed by atoms with Crippen molar-refractivity contribution in [2.45, 2.75) is 24.8 Å². The van der Waals surface area contributed by atoms with Crippen LogP contribution in [0.15, 0.2) is 175 Å². The van der Waals surface area contributed by atoms with Gasteiger partial charge in [0, 0.05) is 38.7 Å². The highest BCUT2D eigenvalue weighted by molar-refractivity contribution is 6.14. The van der Waals surface area contributed by atoms with E-state index in [0.29, 0.717) is 0 Å². The Balaban J connectivity index is 1.21. The molecular formula is C46H33N3. The fraction of sp³-hybridized carbons (Fsp3) is 0.0870. The van der Waals surface area contributed by atoms with Gasteiger partial charge in [0.1, 0.15) is 5.82 Å². The summed E-state index contributed by atoms with van der Waals surface area (Å²) in [6.07, 6.45) is 20.4. The maximum absolute atomic E-state index is 4.00. The molecule has 0 amide bonds. The molecule has 0 saturated carbocycles. The summed E-state index contributed by atoms with van der Waals surface area (Å²) < 4.78 is 4.96. The Kier molecular flexibility index (Phi) is 5.62. The maximum Gasteiger partial charge on any atom is 0.119 e. The highest BCUT2D eigenvalue weighted by Crippen LogP contribution is 2.49. The number of benzene rings is 5. The fourth-order valence-electron chi connectivity index (χ4n) is 8.89. The molecule has 5 aromatic carbocycles. The first-order valence-corrected chi connectivity index (χ1v) is 17.4. The normalized spacial score (nSPS) is 19.3. The molecule has 7 aromatic rings. The number of fused-ring (bicyclic) bond motifs is 11. The van der Waals surface area contributed by atoms with Crippen LogP contribution in [0.2, 0.25) is 0 Å². The number of para-hydroxylation sites is 3. The molecule has 3 nitrogen and oxygen atoms in total. The van der Waals surface area contributed by atoms with Gasteiger partial charge >= 0.3 is 0 Å². The highest BCUT2D eigenvalue weighted by atomic mass is 15.2. The average Bonchev–Trinajstić information content (AvgIpc) is 3.50. The third-order valence-electron chi connectivity index (χ3n) is 11.1. The van der Waals surface area contributed by atoms with Crippen molar-refractivity contribution in [1.82, 2.24) is 14.5 Å². The predicted octanol–water partition coefficient (Wildman–Crippen LogP) is 11.1. The summed E-state index contributed by atoms with van der Waals surface area (Å²) in [6, 6.07) is 40.7. The first-order chi connectivity index (χ1) is 24.3. The van der Waals surface area contributed by atoms with Gasteiger partial charge in [0.15, 0.2) is 0 Å². The van der Waals surface area contributed by atoms with Gasteiger partial charge in [-0.05, 0) is 89.2 Å². The van der Waals surface area contributed by atoms with Crippen LogP contribution >= 0.6 is 0 Å². The maximum atomic E-state index is 4.00. The summed E-state index contributed by atoms with van der Waals surface area (Å²) >= 11 is 0. The van der Waals surface area contributed by atoms with Gasteiger partial charge in [-0.2, -0.15) is 0 Å². The van der Waals surface area contributed by atoms with Crippen LogP contribution in [-0.2, 0) is 0 Å². The number of aromatic nitrogens is 2. The Bertz CT molecular complexity index is 2740. The van der Waals surface area contributed by atoms with Crippen LogP contribution in [0.1, 0.15) is 24.3 Å². The van der Waals surface area contributed by atoms with Gasteiger partial charge in [-0.25, -0.2) is 0 Å². The first kappa shape index (κ1) is 26.9. The lowest BCUT2D eigenvalue weighted by molar-refractivity contribution is 0.730. The van der Waals surface area contributed by atoms with E-state index in [1.165, 1.54) is 88.5 Å². The zero-order chi connectivity index (χ0) is 32.1. The van der Waals surface area contributed by atoms with Crippen LogP contribution in [0.5, 0.6) is 0 Å². The molecule has 0 bridgehead atoms. The molecular weight excluding hydrogens is 595 g/mol. The SMILES string of the molecule is C1=CCCC2C(=C1)C1=C(NC3C=CC=CC3=C1)n1c3ccccc3c3cc(-c4ccc5c6ccccc6n(-c6ccccc6)c5c4)cc2c31. The summed E-state index contributed by atoms with van der Waals surface area (Å²) in [5, 5.41) is 9.16. The van der Waals surface area contributed by atoms with E-state index in [9.17, 15) is 0 Å². The minimum atomic E-state index is 0.157. The Morgan fingerprint density at radius 1 is 0.633 bits per heavy atom. The highest BCUT2D eigenvalue weighted by Gasteiger charge is 2.34. The largest absolute Gasteiger partial charge is 0.360 e. The Hall–Kier alpha value is -6.06. The molecule has 0 fully saturated rings. The fourth-order valence-corrected chi connectivity index (χ4v) is 8.89. The molecule has 0 spiro atoms. The average molecular weight is 628 g/mol. The molecule has 232 valence electrons. The number of rotatable bonds is 2. The van der Waals surface area contributed by atoms with E-state index in [4.69, 9.17) is 0 Å². The van der Waals surface area contributed by atoms with E-state index < -0.39 is 0 Å². The van der Waals surface area contributed by atoms with E-state index in [2.05, 4.69) is 172 Å². The van der Waals surface area contributed by atoms with Gasteiger partial charge in [-0.3, -0.25) is 4.57 Å². The van der Waals surface area contributed by atoms with Gasteiger partial charge in [0.25, 0.3) is 0 Å². The first-order valence-electron chi connectivity index (χ1n) is 17.4. The molecule has 3 heteroatoms. The van der Waals surface area contributed by atoms with Crippen molar-refractivity contribution < 1.29 is 0 Å². The van der Waals surface area contributed by atoms with E-state index in [0.717, 1.165) is 12.8 Å². The third-order valence-corrected chi connectivity index (χ3v) is 11.1. The molecule has 2 aromatic heterocycles. The van der Waals surface area contributed by atoms with Crippen LogP contribution in [0.25, 0.3) is 66.2 Å². The summed E-state index contributed by atoms with van der Waals surface area (Å²) in [7, 11) is 0. The van der Waals surface area contributed by atoms with Crippen LogP contribution in [0.3, 0.4) is 0 Å². The summed E-state index contributed by atoms with van der Waals surface area (Å²) in [4.78, 5) is 0. The van der Waals surface area contributed by atoms with Crippen molar-refractivity contribution >= 4 is 49.4 Å². The lowest BCUT2D eigenvalue weighted by Gasteiger charge is -2.30. The summed E-state index contributed by atoms with van der Waals surface area (Å²) in [6.45, 7) is 0. The topological polar surface area (TPSA) is 21.9 Å². The van der Waals surface area contributed by atoms with Crippen molar-refractivity contribution in [2.75, 3.05) is 0 Å². The van der Waals surface area contributed by atoms with Gasteiger partial charge < -0.3 is 9.88 Å². The molecule has 49 heavy (non-hydrogen) atoms. The number of hydrogen-bond donors (Lipinski definition) is 1. The van der Waals surface area contributed by atoms with Crippen LogP contribution in [0, 0.1) is 0 Å². The second-order valence-corrected chi connectivity index (χ2v) is 13.7. The Morgan fingerprint density at radius 2 is 1.41 bits per heavy atom. The molecule has 2 aliphatic carbocycles. The van der Waals surface area contributed by atoms with Crippen LogP contribution in [0.4, 0.5) is 0 Å². The number of nitrogens with zero attached hydrogens (tertiary/aromatic N) is 2. The smallest absolute Gasteiger partial charge is 0.119 e. The van der Waals surface area contributed by atoms with E-state index in [-0.39, 0.29) is 12.0 Å². The van der Waals surface area contributed by atoms with E-state index in [1.54, 1.807) is 0 Å². The minimum absolute atomic E-state index is 0.157. The second kappa shape index (κ2) is 10.2. The van der Waals surface area contributed by atoms with E-state index >= 15 is 0 Å². The van der Waals surface area contributed by atoms with Crippen molar-refractivity contribution in [1.29, 1.82) is 0 Å². The van der Waals surface area contributed by atoms with Crippen molar-refractivity contribution in [2.24, 2.45) is 0 Å². The lowest BCUT2D eigenvalue weighted by atomic mass is 9.81. The van der Waals surface area contributed by atoms with Gasteiger partial charge in [0.2, 0.25) is 0 Å². The van der Waals surface area contributed by atoms with Crippen LogP contribution < -0.4 is 5.32 Å². The monoisotopic (exact) mass is 627 g/mol. The molecule has 4 aliphatic rings. The number of dihydropyridines is 1. The quantitative estimate of drug-likeness (QED) is 0.202. The lowest BCUT2D eigenvalue weighted by Crippen LogP contribution is -2.34.